The summed E-state index contributed by atoms with van der Waals surface area (Å²) in [6.45, 7) is 2.45. The lowest BCUT2D eigenvalue weighted by atomic mass is 9.96. The average molecular weight is 350 g/mol. The Hall–Kier alpha value is -2.70. The largest absolute Gasteiger partial charge is 0.356 e. The van der Waals surface area contributed by atoms with E-state index in [-0.39, 0.29) is 11.8 Å². The standard InChI is InChI=1S/C19H22N6O/c26-19(22-8-12-3-4-12)13-2-1-7-25(10-13)18-16-14-5-6-20-17(14)21-9-15(16)23-11-24-18/h5-6,9,11-13H,1-4,7-8,10H2,(H,20,21)(H,22,26). The van der Waals surface area contributed by atoms with Crippen molar-refractivity contribution in [3.05, 3.63) is 24.8 Å². The predicted molar refractivity (Wildman–Crippen MR) is 99.9 cm³/mol. The fraction of sp³-hybridized carbons (Fsp3) is 0.474. The van der Waals surface area contributed by atoms with Crippen LogP contribution >= 0.6 is 0 Å². The van der Waals surface area contributed by atoms with Crippen molar-refractivity contribution in [3.63, 3.8) is 0 Å². The molecule has 3 aromatic heterocycles. The van der Waals surface area contributed by atoms with Crippen LogP contribution in [0.1, 0.15) is 25.7 Å². The molecule has 1 aliphatic carbocycles. The second-order valence-corrected chi connectivity index (χ2v) is 7.43. The van der Waals surface area contributed by atoms with Crippen LogP contribution in [0.4, 0.5) is 5.82 Å². The Morgan fingerprint density at radius 1 is 1.27 bits per heavy atom. The van der Waals surface area contributed by atoms with Crippen LogP contribution in [0.3, 0.4) is 0 Å². The minimum atomic E-state index is 0.0241. The van der Waals surface area contributed by atoms with E-state index in [1.807, 2.05) is 12.3 Å². The molecule has 0 aromatic carbocycles. The third kappa shape index (κ3) is 2.77. The van der Waals surface area contributed by atoms with Crippen LogP contribution in [0.25, 0.3) is 21.9 Å². The summed E-state index contributed by atoms with van der Waals surface area (Å²) in [7, 11) is 0. The highest BCUT2D eigenvalue weighted by Crippen LogP contribution is 2.32. The number of aromatic nitrogens is 4. The Morgan fingerprint density at radius 2 is 2.19 bits per heavy atom. The van der Waals surface area contributed by atoms with Gasteiger partial charge in [-0.2, -0.15) is 0 Å². The highest BCUT2D eigenvalue weighted by Gasteiger charge is 2.29. The molecular weight excluding hydrogens is 328 g/mol. The van der Waals surface area contributed by atoms with E-state index in [1.165, 1.54) is 12.8 Å². The first-order valence-electron chi connectivity index (χ1n) is 9.39. The highest BCUT2D eigenvalue weighted by atomic mass is 16.1. The van der Waals surface area contributed by atoms with E-state index in [4.69, 9.17) is 0 Å². The first-order chi connectivity index (χ1) is 12.8. The average Bonchev–Trinajstić information content (AvgIpc) is 3.39. The fourth-order valence-electron chi connectivity index (χ4n) is 3.88. The van der Waals surface area contributed by atoms with E-state index in [0.717, 1.165) is 53.7 Å². The summed E-state index contributed by atoms with van der Waals surface area (Å²) < 4.78 is 0. The first kappa shape index (κ1) is 15.5. The van der Waals surface area contributed by atoms with E-state index in [1.54, 1.807) is 12.5 Å². The van der Waals surface area contributed by atoms with Gasteiger partial charge in [-0.15, -0.1) is 0 Å². The molecule has 7 heteroatoms. The lowest BCUT2D eigenvalue weighted by molar-refractivity contribution is -0.125. The number of fused-ring (bicyclic) bond motifs is 3. The van der Waals surface area contributed by atoms with Gasteiger partial charge < -0.3 is 15.2 Å². The molecule has 26 heavy (non-hydrogen) atoms. The second kappa shape index (κ2) is 6.23. The van der Waals surface area contributed by atoms with Gasteiger partial charge in [-0.05, 0) is 37.7 Å². The number of H-pyrrole nitrogens is 1. The molecule has 4 heterocycles. The number of amides is 1. The molecule has 1 saturated carbocycles. The Balaban J connectivity index is 1.45. The fourth-order valence-corrected chi connectivity index (χ4v) is 3.88. The van der Waals surface area contributed by atoms with Gasteiger partial charge in [-0.1, -0.05) is 0 Å². The topological polar surface area (TPSA) is 86.8 Å². The normalized spacial score (nSPS) is 20.6. The summed E-state index contributed by atoms with van der Waals surface area (Å²) in [5.74, 6) is 1.82. The van der Waals surface area contributed by atoms with Crippen molar-refractivity contribution < 1.29 is 4.79 Å². The van der Waals surface area contributed by atoms with Crippen molar-refractivity contribution in [2.75, 3.05) is 24.5 Å². The summed E-state index contributed by atoms with van der Waals surface area (Å²) >= 11 is 0. The summed E-state index contributed by atoms with van der Waals surface area (Å²) in [5, 5.41) is 5.17. The molecule has 1 atom stereocenters. The van der Waals surface area contributed by atoms with Crippen LogP contribution < -0.4 is 10.2 Å². The zero-order valence-electron chi connectivity index (χ0n) is 14.6. The van der Waals surface area contributed by atoms with Gasteiger partial charge in [0, 0.05) is 31.2 Å². The maximum absolute atomic E-state index is 12.6. The summed E-state index contributed by atoms with van der Waals surface area (Å²) in [5.41, 5.74) is 1.67. The van der Waals surface area contributed by atoms with Crippen molar-refractivity contribution >= 4 is 33.7 Å². The number of nitrogens with one attached hydrogen (secondary N) is 2. The molecule has 7 nitrogen and oxygen atoms in total. The smallest absolute Gasteiger partial charge is 0.224 e. The first-order valence-corrected chi connectivity index (χ1v) is 9.39. The molecule has 1 unspecified atom stereocenters. The number of piperidine rings is 1. The molecule has 0 radical (unpaired) electrons. The van der Waals surface area contributed by atoms with Crippen LogP contribution in [-0.4, -0.2) is 45.5 Å². The number of aromatic amines is 1. The van der Waals surface area contributed by atoms with Crippen molar-refractivity contribution in [2.45, 2.75) is 25.7 Å². The molecule has 2 N–H and O–H groups in total. The maximum atomic E-state index is 12.6. The monoisotopic (exact) mass is 350 g/mol. The molecule has 1 saturated heterocycles. The highest BCUT2D eigenvalue weighted by molar-refractivity contribution is 6.08. The maximum Gasteiger partial charge on any atom is 0.224 e. The molecule has 0 spiro atoms. The van der Waals surface area contributed by atoms with Crippen LogP contribution in [0.5, 0.6) is 0 Å². The third-order valence-corrected chi connectivity index (χ3v) is 5.52. The number of hydrogen-bond acceptors (Lipinski definition) is 5. The predicted octanol–water partition coefficient (Wildman–Crippen LogP) is 2.25. The SMILES string of the molecule is O=C(NCC1CC1)C1CCCN(c2ncnc3cnc4[nH]ccc4c23)C1. The van der Waals surface area contributed by atoms with Gasteiger partial charge in [0.1, 0.15) is 17.8 Å². The molecule has 134 valence electrons. The minimum absolute atomic E-state index is 0.0241. The van der Waals surface area contributed by atoms with E-state index in [2.05, 4.69) is 30.2 Å². The molecule has 3 aromatic rings. The van der Waals surface area contributed by atoms with E-state index in [9.17, 15) is 4.79 Å². The van der Waals surface area contributed by atoms with Gasteiger partial charge in [-0.3, -0.25) is 4.79 Å². The quantitative estimate of drug-likeness (QED) is 0.754. The third-order valence-electron chi connectivity index (χ3n) is 5.52. The summed E-state index contributed by atoms with van der Waals surface area (Å²) in [4.78, 5) is 31.3. The lowest BCUT2D eigenvalue weighted by Gasteiger charge is -2.33. The van der Waals surface area contributed by atoms with Crippen LogP contribution in [0, 0.1) is 11.8 Å². The lowest BCUT2D eigenvalue weighted by Crippen LogP contribution is -2.43. The van der Waals surface area contributed by atoms with Crippen LogP contribution in [0.15, 0.2) is 24.8 Å². The van der Waals surface area contributed by atoms with Crippen molar-refractivity contribution in [1.29, 1.82) is 0 Å². The Morgan fingerprint density at radius 3 is 3.08 bits per heavy atom. The number of carbonyl (C=O) groups excluding carboxylic acids is 1. The molecule has 0 bridgehead atoms. The zero-order valence-corrected chi connectivity index (χ0v) is 14.6. The molecule has 5 rings (SSSR count). The number of hydrogen-bond donors (Lipinski definition) is 2. The van der Waals surface area contributed by atoms with Crippen molar-refractivity contribution in [3.8, 4) is 0 Å². The summed E-state index contributed by atoms with van der Waals surface area (Å²) in [6, 6.07) is 2.02. The van der Waals surface area contributed by atoms with E-state index < -0.39 is 0 Å². The molecule has 1 amide bonds. The minimum Gasteiger partial charge on any atom is -0.356 e. The molecule has 1 aliphatic heterocycles. The second-order valence-electron chi connectivity index (χ2n) is 7.43. The number of anilines is 1. The summed E-state index contributed by atoms with van der Waals surface area (Å²) in [6.07, 6.45) is 9.71. The van der Waals surface area contributed by atoms with Gasteiger partial charge in [0.2, 0.25) is 5.91 Å². The Labute approximate surface area is 151 Å². The van der Waals surface area contributed by atoms with E-state index >= 15 is 0 Å². The number of nitrogens with zero attached hydrogens (tertiary/aromatic N) is 4. The number of carbonyl (C=O) groups is 1. The van der Waals surface area contributed by atoms with Crippen LogP contribution in [0.2, 0.25) is 0 Å². The Bertz CT molecular complexity index is 963. The Kier molecular flexibility index (Phi) is 3.72. The number of pyridine rings is 1. The van der Waals surface area contributed by atoms with Crippen molar-refractivity contribution in [1.82, 2.24) is 25.3 Å². The van der Waals surface area contributed by atoms with E-state index in [0.29, 0.717) is 12.5 Å². The molecule has 2 fully saturated rings. The van der Waals surface area contributed by atoms with Gasteiger partial charge in [-0.25, -0.2) is 15.0 Å². The van der Waals surface area contributed by atoms with Gasteiger partial charge in [0.15, 0.2) is 0 Å². The van der Waals surface area contributed by atoms with Crippen LogP contribution in [-0.2, 0) is 4.79 Å². The van der Waals surface area contributed by atoms with Gasteiger partial charge in [0.05, 0.1) is 23.0 Å². The molecular formula is C19H22N6O. The van der Waals surface area contributed by atoms with Crippen molar-refractivity contribution in [2.24, 2.45) is 11.8 Å². The van der Waals surface area contributed by atoms with Gasteiger partial charge in [0.25, 0.3) is 0 Å². The molecule has 2 aliphatic rings. The number of rotatable bonds is 4. The van der Waals surface area contributed by atoms with Gasteiger partial charge >= 0.3 is 0 Å². The zero-order chi connectivity index (χ0) is 17.5.